The normalized spacial score (nSPS) is 19.0. The molecule has 2 aromatic rings. The van der Waals surface area contributed by atoms with Gasteiger partial charge in [0.15, 0.2) is 0 Å². The summed E-state index contributed by atoms with van der Waals surface area (Å²) >= 11 is 0. The monoisotopic (exact) mass is 470 g/mol. The van der Waals surface area contributed by atoms with Crippen molar-refractivity contribution in [3.8, 4) is 0 Å². The van der Waals surface area contributed by atoms with Gasteiger partial charge >= 0.3 is 12.1 Å². The number of carboxylic acid groups (broad SMARTS) is 1. The number of aromatic nitrogens is 2. The Labute approximate surface area is 201 Å². The number of nitrogens with one attached hydrogen (secondary N) is 1. The van der Waals surface area contributed by atoms with Crippen LogP contribution in [0.5, 0.6) is 0 Å². The molecule has 0 saturated carbocycles. The van der Waals surface area contributed by atoms with Crippen molar-refractivity contribution in [2.24, 2.45) is 5.92 Å². The van der Waals surface area contributed by atoms with Crippen LogP contribution in [0.2, 0.25) is 0 Å². The Bertz CT molecular complexity index is 996. The number of carbonyl (C=O) groups excluding carboxylic acids is 1. The summed E-state index contributed by atoms with van der Waals surface area (Å²) in [7, 11) is 0. The predicted molar refractivity (Wildman–Crippen MR) is 131 cm³/mol. The maximum absolute atomic E-state index is 12.1. The minimum absolute atomic E-state index is 0.156. The van der Waals surface area contributed by atoms with Crippen molar-refractivity contribution >= 4 is 23.0 Å². The van der Waals surface area contributed by atoms with Gasteiger partial charge in [-0.05, 0) is 89.9 Å². The molecule has 0 spiro atoms. The molecule has 2 fully saturated rings. The second-order valence-corrected chi connectivity index (χ2v) is 10.9. The van der Waals surface area contributed by atoms with Crippen molar-refractivity contribution in [2.45, 2.75) is 70.8 Å². The molecule has 2 saturated heterocycles. The number of aromatic amines is 1. The number of carbonyl (C=O) groups is 2. The van der Waals surface area contributed by atoms with Gasteiger partial charge < -0.3 is 14.7 Å². The van der Waals surface area contributed by atoms with E-state index in [9.17, 15) is 9.59 Å². The minimum atomic E-state index is -0.798. The molecule has 0 radical (unpaired) electrons. The van der Waals surface area contributed by atoms with Crippen LogP contribution in [0.4, 0.5) is 4.79 Å². The number of ether oxygens (including phenoxy) is 1. The Morgan fingerprint density at radius 1 is 1.12 bits per heavy atom. The molecule has 0 aliphatic carbocycles. The first-order valence-electron chi connectivity index (χ1n) is 12.6. The number of hydrogen-bond acceptors (Lipinski definition) is 5. The zero-order valence-electron chi connectivity index (χ0n) is 20.7. The zero-order valence-corrected chi connectivity index (χ0v) is 20.7. The molecule has 2 N–H and O–H groups in total. The fourth-order valence-electron chi connectivity index (χ4n) is 5.26. The predicted octanol–water partition coefficient (Wildman–Crippen LogP) is 4.41. The highest BCUT2D eigenvalue weighted by atomic mass is 16.6. The van der Waals surface area contributed by atoms with Gasteiger partial charge in [-0.25, -0.2) is 4.79 Å². The van der Waals surface area contributed by atoms with Crippen molar-refractivity contribution < 1.29 is 19.4 Å². The van der Waals surface area contributed by atoms with Crippen LogP contribution in [0, 0.1) is 5.92 Å². The lowest BCUT2D eigenvalue weighted by atomic mass is 9.89. The van der Waals surface area contributed by atoms with Crippen LogP contribution in [0.25, 0.3) is 10.9 Å². The molecule has 34 heavy (non-hydrogen) atoms. The van der Waals surface area contributed by atoms with Gasteiger partial charge in [-0.1, -0.05) is 12.1 Å². The molecule has 3 heterocycles. The van der Waals surface area contributed by atoms with E-state index < -0.39 is 11.7 Å². The summed E-state index contributed by atoms with van der Waals surface area (Å²) < 4.78 is 5.46. The molecule has 2 aliphatic rings. The number of esters is 1. The van der Waals surface area contributed by atoms with E-state index in [1.165, 1.54) is 15.8 Å². The van der Waals surface area contributed by atoms with E-state index in [2.05, 4.69) is 33.3 Å². The molecule has 8 heteroatoms. The number of H-pyrrole nitrogens is 1. The number of likely N-dealkylation sites (tertiary alicyclic amines) is 2. The third-order valence-electron chi connectivity index (χ3n) is 7.13. The van der Waals surface area contributed by atoms with Gasteiger partial charge in [0.2, 0.25) is 0 Å². The molecular weight excluding hydrogens is 432 g/mol. The maximum atomic E-state index is 12.1. The quantitative estimate of drug-likeness (QED) is 0.607. The van der Waals surface area contributed by atoms with Gasteiger partial charge in [-0.2, -0.15) is 5.10 Å². The summed E-state index contributed by atoms with van der Waals surface area (Å²) in [5, 5.41) is 18.2. The number of nitrogens with zero attached hydrogens (tertiary/aromatic N) is 3. The fourth-order valence-corrected chi connectivity index (χ4v) is 5.26. The smallest absolute Gasteiger partial charge is 0.407 e. The van der Waals surface area contributed by atoms with Gasteiger partial charge in [-0.15, -0.1) is 0 Å². The standard InChI is InChI=1S/C26H38N4O4/c1-26(2,3)34-23(31)17-29-12-10-20(11-13-29)24-21-7-6-19(16-22(21)27-28-24)5-4-18-8-14-30(15-9-18)25(32)33/h6-7,16,18,20H,4-5,8-15,17H2,1-3H3,(H,27,28)(H,32,33). The first-order valence-corrected chi connectivity index (χ1v) is 12.6. The van der Waals surface area contributed by atoms with Crippen molar-refractivity contribution in [3.63, 3.8) is 0 Å². The molecule has 4 rings (SSSR count). The Hall–Kier alpha value is -2.61. The van der Waals surface area contributed by atoms with E-state index in [1.807, 2.05) is 20.8 Å². The van der Waals surface area contributed by atoms with Crippen LogP contribution in [0.1, 0.15) is 70.1 Å². The van der Waals surface area contributed by atoms with Crippen molar-refractivity contribution in [2.75, 3.05) is 32.7 Å². The van der Waals surface area contributed by atoms with Gasteiger partial charge in [0, 0.05) is 24.4 Å². The topological polar surface area (TPSA) is 98.8 Å². The lowest BCUT2D eigenvalue weighted by molar-refractivity contribution is -0.156. The lowest BCUT2D eigenvalue weighted by Crippen LogP contribution is -2.39. The van der Waals surface area contributed by atoms with Crippen LogP contribution in [-0.2, 0) is 16.0 Å². The Kier molecular flexibility index (Phi) is 7.45. The van der Waals surface area contributed by atoms with Crippen LogP contribution in [0.3, 0.4) is 0 Å². The average Bonchev–Trinajstić information content (AvgIpc) is 3.20. The zero-order chi connectivity index (χ0) is 24.3. The Morgan fingerprint density at radius 3 is 2.47 bits per heavy atom. The van der Waals surface area contributed by atoms with Crippen molar-refractivity contribution in [1.29, 1.82) is 0 Å². The number of amides is 1. The second kappa shape index (κ2) is 10.3. The molecule has 0 unspecified atom stereocenters. The minimum Gasteiger partial charge on any atom is -0.465 e. The average molecular weight is 471 g/mol. The van der Waals surface area contributed by atoms with Crippen molar-refractivity contribution in [3.05, 3.63) is 29.5 Å². The highest BCUT2D eigenvalue weighted by Gasteiger charge is 2.27. The second-order valence-electron chi connectivity index (χ2n) is 10.9. The molecule has 8 nitrogen and oxygen atoms in total. The summed E-state index contributed by atoms with van der Waals surface area (Å²) in [6.45, 7) is 9.10. The van der Waals surface area contributed by atoms with E-state index >= 15 is 0 Å². The number of piperidine rings is 2. The summed E-state index contributed by atoms with van der Waals surface area (Å²) in [4.78, 5) is 26.9. The third-order valence-corrected chi connectivity index (χ3v) is 7.13. The molecule has 1 aromatic carbocycles. The third kappa shape index (κ3) is 6.29. The van der Waals surface area contributed by atoms with E-state index in [4.69, 9.17) is 9.84 Å². The largest absolute Gasteiger partial charge is 0.465 e. The molecule has 0 bridgehead atoms. The lowest BCUT2D eigenvalue weighted by Gasteiger charge is -2.31. The number of hydrogen-bond donors (Lipinski definition) is 2. The van der Waals surface area contributed by atoms with E-state index in [0.717, 1.165) is 62.8 Å². The van der Waals surface area contributed by atoms with E-state index in [-0.39, 0.29) is 5.97 Å². The highest BCUT2D eigenvalue weighted by molar-refractivity contribution is 5.82. The summed E-state index contributed by atoms with van der Waals surface area (Å²) in [6.07, 6.45) is 5.18. The Balaban J connectivity index is 1.28. The van der Waals surface area contributed by atoms with E-state index in [0.29, 0.717) is 31.5 Å². The number of aryl methyl sites for hydroxylation is 1. The number of fused-ring (bicyclic) bond motifs is 1. The first-order chi connectivity index (χ1) is 16.2. The molecule has 2 aliphatic heterocycles. The maximum Gasteiger partial charge on any atom is 0.407 e. The summed E-state index contributed by atoms with van der Waals surface area (Å²) in [6, 6.07) is 6.63. The van der Waals surface area contributed by atoms with Crippen LogP contribution in [0.15, 0.2) is 18.2 Å². The fraction of sp³-hybridized carbons (Fsp3) is 0.654. The van der Waals surface area contributed by atoms with Crippen LogP contribution >= 0.6 is 0 Å². The van der Waals surface area contributed by atoms with Gasteiger partial charge in [-0.3, -0.25) is 14.8 Å². The summed E-state index contributed by atoms with van der Waals surface area (Å²) in [5.41, 5.74) is 3.08. The number of benzene rings is 1. The van der Waals surface area contributed by atoms with E-state index in [1.54, 1.807) is 0 Å². The SMILES string of the molecule is CC(C)(C)OC(=O)CN1CCC(c2n[nH]c3cc(CCC4CCN(C(=O)O)CC4)ccc23)CC1. The highest BCUT2D eigenvalue weighted by Crippen LogP contribution is 2.32. The summed E-state index contributed by atoms with van der Waals surface area (Å²) in [5.74, 6) is 0.833. The molecule has 0 atom stereocenters. The van der Waals surface area contributed by atoms with Gasteiger partial charge in [0.1, 0.15) is 5.60 Å². The Morgan fingerprint density at radius 2 is 1.82 bits per heavy atom. The van der Waals surface area contributed by atoms with Crippen LogP contribution < -0.4 is 0 Å². The molecule has 1 aromatic heterocycles. The molecule has 186 valence electrons. The van der Waals surface area contributed by atoms with Gasteiger partial charge in [0.25, 0.3) is 0 Å². The number of rotatable bonds is 6. The van der Waals surface area contributed by atoms with Crippen molar-refractivity contribution in [1.82, 2.24) is 20.0 Å². The van der Waals surface area contributed by atoms with Crippen LogP contribution in [-0.4, -0.2) is 75.5 Å². The molecular formula is C26H38N4O4. The van der Waals surface area contributed by atoms with Gasteiger partial charge in [0.05, 0.1) is 17.8 Å². The molecule has 1 amide bonds. The first kappa shape index (κ1) is 24.5.